The molecule has 0 aromatic heterocycles. The van der Waals surface area contributed by atoms with E-state index >= 15 is 0 Å². The third kappa shape index (κ3) is 5.14. The van der Waals surface area contributed by atoms with Gasteiger partial charge in [-0.25, -0.2) is 8.42 Å². The Balaban J connectivity index is 1.97. The number of esters is 1. The zero-order chi connectivity index (χ0) is 19.2. The Kier molecular flexibility index (Phi) is 6.48. The minimum Gasteiger partial charge on any atom is -0.496 e. The number of carbonyl (C=O) groups excluding carboxylic acids is 2. The Labute approximate surface area is 152 Å². The van der Waals surface area contributed by atoms with Crippen LogP contribution in [0.4, 0.5) is 0 Å². The van der Waals surface area contributed by atoms with Crippen LogP contribution in [0.2, 0.25) is 0 Å². The predicted molar refractivity (Wildman–Crippen MR) is 94.4 cm³/mol. The number of benzene rings is 2. The number of ketones is 1. The summed E-state index contributed by atoms with van der Waals surface area (Å²) in [6.07, 6.45) is 0. The van der Waals surface area contributed by atoms with E-state index < -0.39 is 22.5 Å². The second kappa shape index (κ2) is 8.59. The topological polar surface area (TPSA) is 98.8 Å². The van der Waals surface area contributed by atoms with Gasteiger partial charge in [-0.1, -0.05) is 18.2 Å². The largest absolute Gasteiger partial charge is 0.496 e. The maximum absolute atomic E-state index is 12.1. The Morgan fingerprint density at radius 3 is 2.38 bits per heavy atom. The number of Topliss-reactive ketones (excluding diaryl/α,β-unsaturated/α-hetero) is 1. The second-order valence-electron chi connectivity index (χ2n) is 5.38. The first-order chi connectivity index (χ1) is 12.3. The van der Waals surface area contributed by atoms with Gasteiger partial charge in [0.15, 0.2) is 5.78 Å². The van der Waals surface area contributed by atoms with Crippen molar-refractivity contribution in [3.05, 3.63) is 59.7 Å². The van der Waals surface area contributed by atoms with Gasteiger partial charge in [-0.2, -0.15) is 4.72 Å². The Hall–Kier alpha value is -2.71. The van der Waals surface area contributed by atoms with Gasteiger partial charge in [-0.05, 0) is 37.3 Å². The van der Waals surface area contributed by atoms with Crippen molar-refractivity contribution in [3.8, 4) is 5.75 Å². The summed E-state index contributed by atoms with van der Waals surface area (Å²) in [5.41, 5.74) is 0.973. The van der Waals surface area contributed by atoms with Gasteiger partial charge in [0.25, 0.3) is 0 Å². The molecule has 0 aliphatic carbocycles. The Bertz CT molecular complexity index is 893. The average Bonchev–Trinajstić information content (AvgIpc) is 2.65. The van der Waals surface area contributed by atoms with Crippen molar-refractivity contribution in [2.24, 2.45) is 0 Å². The fraction of sp³-hybridized carbons (Fsp3) is 0.222. The fourth-order valence-electron chi connectivity index (χ4n) is 2.16. The van der Waals surface area contributed by atoms with Gasteiger partial charge in [0.2, 0.25) is 10.0 Å². The smallest absolute Gasteiger partial charge is 0.321 e. The molecule has 0 saturated carbocycles. The lowest BCUT2D eigenvalue weighted by atomic mass is 10.1. The summed E-state index contributed by atoms with van der Waals surface area (Å²) in [4.78, 5) is 23.4. The number of ether oxygens (including phenoxy) is 2. The van der Waals surface area contributed by atoms with Gasteiger partial charge in [0.05, 0.1) is 12.0 Å². The first-order valence-corrected chi connectivity index (χ1v) is 9.20. The number of methoxy groups -OCH3 is 1. The Morgan fingerprint density at radius 2 is 1.77 bits per heavy atom. The third-order valence-electron chi connectivity index (χ3n) is 3.54. The van der Waals surface area contributed by atoms with Crippen molar-refractivity contribution in [2.75, 3.05) is 13.7 Å². The van der Waals surface area contributed by atoms with Crippen LogP contribution in [-0.2, 0) is 26.2 Å². The van der Waals surface area contributed by atoms with E-state index in [-0.39, 0.29) is 17.3 Å². The number of hydrogen-bond acceptors (Lipinski definition) is 6. The van der Waals surface area contributed by atoms with Gasteiger partial charge in [-0.3, -0.25) is 9.59 Å². The number of rotatable bonds is 8. The first kappa shape index (κ1) is 19.6. The summed E-state index contributed by atoms with van der Waals surface area (Å²) >= 11 is 0. The third-order valence-corrected chi connectivity index (χ3v) is 4.95. The highest BCUT2D eigenvalue weighted by Gasteiger charge is 2.16. The van der Waals surface area contributed by atoms with Crippen LogP contribution in [0.1, 0.15) is 22.8 Å². The normalized spacial score (nSPS) is 11.0. The molecule has 0 aliphatic rings. The zero-order valence-electron chi connectivity index (χ0n) is 14.4. The monoisotopic (exact) mass is 377 g/mol. The summed E-state index contributed by atoms with van der Waals surface area (Å²) in [5, 5.41) is 0. The van der Waals surface area contributed by atoms with Crippen molar-refractivity contribution in [1.29, 1.82) is 0 Å². The predicted octanol–water partition coefficient (Wildman–Crippen LogP) is 1.92. The van der Waals surface area contributed by atoms with Gasteiger partial charge in [0.1, 0.15) is 18.9 Å². The standard InChI is InChI=1S/C18H19NO6S/c1-13(20)14-8-9-17(24-2)15(10-14)12-25-18(21)11-19-26(22,23)16-6-4-3-5-7-16/h3-10,19H,11-12H2,1-2H3. The molecule has 7 nitrogen and oxygen atoms in total. The summed E-state index contributed by atoms with van der Waals surface area (Å²) in [6.45, 7) is 0.776. The van der Waals surface area contributed by atoms with Crippen LogP contribution in [0.15, 0.2) is 53.4 Å². The van der Waals surface area contributed by atoms with Crippen molar-refractivity contribution < 1.29 is 27.5 Å². The summed E-state index contributed by atoms with van der Waals surface area (Å²) < 4.78 is 36.5. The molecule has 2 aromatic rings. The van der Waals surface area contributed by atoms with Crippen LogP contribution in [0.5, 0.6) is 5.75 Å². The molecule has 0 fully saturated rings. The molecule has 0 bridgehead atoms. The van der Waals surface area contributed by atoms with E-state index in [1.54, 1.807) is 36.4 Å². The lowest BCUT2D eigenvalue weighted by molar-refractivity contribution is -0.143. The maximum Gasteiger partial charge on any atom is 0.321 e. The van der Waals surface area contributed by atoms with E-state index in [0.29, 0.717) is 16.9 Å². The molecule has 2 rings (SSSR count). The maximum atomic E-state index is 12.1. The van der Waals surface area contributed by atoms with Gasteiger partial charge < -0.3 is 9.47 Å². The lowest BCUT2D eigenvalue weighted by Gasteiger charge is -2.11. The van der Waals surface area contributed by atoms with E-state index in [0.717, 1.165) is 0 Å². The highest BCUT2D eigenvalue weighted by molar-refractivity contribution is 7.89. The van der Waals surface area contributed by atoms with E-state index in [1.807, 2.05) is 0 Å². The lowest BCUT2D eigenvalue weighted by Crippen LogP contribution is -2.30. The zero-order valence-corrected chi connectivity index (χ0v) is 15.2. The molecular formula is C18H19NO6S. The Morgan fingerprint density at radius 1 is 1.08 bits per heavy atom. The van der Waals surface area contributed by atoms with Crippen LogP contribution in [0, 0.1) is 0 Å². The molecule has 0 aliphatic heterocycles. The molecule has 8 heteroatoms. The van der Waals surface area contributed by atoms with Crippen LogP contribution in [0.25, 0.3) is 0 Å². The van der Waals surface area contributed by atoms with Gasteiger partial charge >= 0.3 is 5.97 Å². The van der Waals surface area contributed by atoms with Crippen LogP contribution in [0.3, 0.4) is 0 Å². The molecule has 26 heavy (non-hydrogen) atoms. The highest BCUT2D eigenvalue weighted by Crippen LogP contribution is 2.21. The van der Waals surface area contributed by atoms with Crippen molar-refractivity contribution in [2.45, 2.75) is 18.4 Å². The molecule has 0 radical (unpaired) electrons. The van der Waals surface area contributed by atoms with Crippen molar-refractivity contribution >= 4 is 21.8 Å². The molecule has 0 amide bonds. The van der Waals surface area contributed by atoms with Crippen molar-refractivity contribution in [3.63, 3.8) is 0 Å². The highest BCUT2D eigenvalue weighted by atomic mass is 32.2. The van der Waals surface area contributed by atoms with E-state index in [9.17, 15) is 18.0 Å². The van der Waals surface area contributed by atoms with E-state index in [4.69, 9.17) is 9.47 Å². The molecule has 2 aromatic carbocycles. The summed E-state index contributed by atoms with van der Waals surface area (Å²) in [5.74, 6) is -0.414. The number of carbonyl (C=O) groups is 2. The van der Waals surface area contributed by atoms with Crippen molar-refractivity contribution in [1.82, 2.24) is 4.72 Å². The first-order valence-electron chi connectivity index (χ1n) is 7.71. The summed E-state index contributed by atoms with van der Waals surface area (Å²) in [6, 6.07) is 12.5. The minimum atomic E-state index is -3.79. The minimum absolute atomic E-state index is 0.0589. The van der Waals surface area contributed by atoms with Crippen LogP contribution < -0.4 is 9.46 Å². The molecule has 1 N–H and O–H groups in total. The fourth-order valence-corrected chi connectivity index (χ4v) is 3.15. The second-order valence-corrected chi connectivity index (χ2v) is 7.15. The molecule has 138 valence electrons. The van der Waals surface area contributed by atoms with Crippen LogP contribution in [-0.4, -0.2) is 33.8 Å². The van der Waals surface area contributed by atoms with E-state index in [2.05, 4.69) is 4.72 Å². The number of nitrogens with one attached hydrogen (secondary N) is 1. The average molecular weight is 377 g/mol. The molecule has 0 saturated heterocycles. The molecule has 0 atom stereocenters. The van der Waals surface area contributed by atoms with Crippen LogP contribution >= 0.6 is 0 Å². The SMILES string of the molecule is COc1ccc(C(C)=O)cc1COC(=O)CNS(=O)(=O)c1ccccc1. The molecular weight excluding hydrogens is 358 g/mol. The summed E-state index contributed by atoms with van der Waals surface area (Å²) in [7, 11) is -2.33. The van der Waals surface area contributed by atoms with Gasteiger partial charge in [-0.15, -0.1) is 0 Å². The quantitative estimate of drug-likeness (QED) is 0.557. The number of hydrogen-bond donors (Lipinski definition) is 1. The molecule has 0 unspecified atom stereocenters. The van der Waals surface area contributed by atoms with Gasteiger partial charge in [0, 0.05) is 11.1 Å². The number of sulfonamides is 1. The van der Waals surface area contributed by atoms with E-state index in [1.165, 1.54) is 26.2 Å². The molecule has 0 heterocycles. The molecule has 0 spiro atoms.